The smallest absolute Gasteiger partial charge is 0.313 e. The number of tetrazole rings is 1. The average molecular weight is 310 g/mol. The molecule has 8 nitrogen and oxygen atoms in total. The number of amides is 1. The molecule has 0 radical (unpaired) electrons. The highest BCUT2D eigenvalue weighted by atomic mass is 35.5. The summed E-state index contributed by atoms with van der Waals surface area (Å²) in [4.78, 5) is 23.9. The molecule has 110 valence electrons. The summed E-state index contributed by atoms with van der Waals surface area (Å²) in [6, 6.07) is 6.69. The number of hydrogen-bond donors (Lipinski definition) is 1. The zero-order chi connectivity index (χ0) is 15.2. The largest absolute Gasteiger partial charge is 0.469 e. The summed E-state index contributed by atoms with van der Waals surface area (Å²) in [5.41, 5.74) is 0.610. The molecule has 1 amide bonds. The van der Waals surface area contributed by atoms with Gasteiger partial charge >= 0.3 is 5.97 Å². The van der Waals surface area contributed by atoms with E-state index in [9.17, 15) is 9.59 Å². The number of nitrogens with one attached hydrogen (secondary N) is 1. The second-order valence-electron chi connectivity index (χ2n) is 4.04. The van der Waals surface area contributed by atoms with Gasteiger partial charge in [0.15, 0.2) is 5.82 Å². The Bertz CT molecular complexity index is 641. The Hall–Kier alpha value is -2.48. The minimum Gasteiger partial charge on any atom is -0.469 e. The van der Waals surface area contributed by atoms with Crippen LogP contribution >= 0.6 is 11.6 Å². The summed E-state index contributed by atoms with van der Waals surface area (Å²) < 4.78 is 4.49. The quantitative estimate of drug-likeness (QED) is 0.815. The molecule has 0 aliphatic heterocycles. The van der Waals surface area contributed by atoms with Crippen molar-refractivity contribution in [2.45, 2.75) is 13.0 Å². The topological polar surface area (TPSA) is 99.0 Å². The fourth-order valence-electron chi connectivity index (χ4n) is 1.48. The van der Waals surface area contributed by atoms with Gasteiger partial charge in [0.25, 0.3) is 0 Å². The number of hydrogen-bond acceptors (Lipinski definition) is 6. The van der Waals surface area contributed by atoms with E-state index in [1.54, 1.807) is 24.3 Å². The Kier molecular flexibility index (Phi) is 4.83. The van der Waals surface area contributed by atoms with Crippen molar-refractivity contribution in [3.05, 3.63) is 35.1 Å². The molecule has 1 aromatic heterocycles. The van der Waals surface area contributed by atoms with Crippen LogP contribution < -0.4 is 5.32 Å². The van der Waals surface area contributed by atoms with Crippen LogP contribution in [0.3, 0.4) is 0 Å². The number of carbonyl (C=O) groups excluding carboxylic acids is 2. The summed E-state index contributed by atoms with van der Waals surface area (Å²) in [7, 11) is 1.27. The second kappa shape index (κ2) is 6.80. The predicted octanol–water partition coefficient (Wildman–Crippen LogP) is 0.681. The van der Waals surface area contributed by atoms with E-state index in [1.807, 2.05) is 0 Å². The van der Waals surface area contributed by atoms with Crippen molar-refractivity contribution in [2.24, 2.45) is 0 Å². The van der Waals surface area contributed by atoms with Gasteiger partial charge in [-0.25, -0.2) is 0 Å². The molecule has 0 saturated heterocycles. The highest BCUT2D eigenvalue weighted by Crippen LogP contribution is 2.13. The normalized spacial score (nSPS) is 10.2. The number of halogens is 1. The molecule has 1 aromatic carbocycles. The van der Waals surface area contributed by atoms with Gasteiger partial charge in [-0.1, -0.05) is 11.6 Å². The van der Waals surface area contributed by atoms with Crippen LogP contribution in [-0.2, 0) is 27.3 Å². The molecule has 0 fully saturated rings. The Labute approximate surface area is 125 Å². The van der Waals surface area contributed by atoms with Crippen LogP contribution in [0.15, 0.2) is 24.3 Å². The molecule has 0 aliphatic rings. The van der Waals surface area contributed by atoms with Crippen molar-refractivity contribution in [3.63, 3.8) is 0 Å². The van der Waals surface area contributed by atoms with Gasteiger partial charge in [-0.3, -0.25) is 9.59 Å². The van der Waals surface area contributed by atoms with Gasteiger partial charge in [0.2, 0.25) is 5.91 Å². The van der Waals surface area contributed by atoms with Gasteiger partial charge in [-0.15, -0.1) is 10.2 Å². The van der Waals surface area contributed by atoms with Gasteiger partial charge in [-0.2, -0.15) is 4.80 Å². The summed E-state index contributed by atoms with van der Waals surface area (Å²) in [5, 5.41) is 14.5. The number of nitrogens with zero attached hydrogens (tertiary/aromatic N) is 4. The molecular weight excluding hydrogens is 298 g/mol. The predicted molar refractivity (Wildman–Crippen MR) is 73.6 cm³/mol. The third kappa shape index (κ3) is 4.53. The molecule has 21 heavy (non-hydrogen) atoms. The first-order valence-corrected chi connectivity index (χ1v) is 6.33. The van der Waals surface area contributed by atoms with E-state index >= 15 is 0 Å². The molecule has 2 rings (SSSR count). The molecule has 0 saturated carbocycles. The minimum absolute atomic E-state index is 0.0880. The lowest BCUT2D eigenvalue weighted by molar-refractivity contribution is -0.139. The van der Waals surface area contributed by atoms with Gasteiger partial charge < -0.3 is 10.1 Å². The Balaban J connectivity index is 1.90. The maximum atomic E-state index is 11.8. The number of esters is 1. The molecule has 0 unspecified atom stereocenters. The molecule has 0 aliphatic carbocycles. The van der Waals surface area contributed by atoms with E-state index in [0.29, 0.717) is 10.7 Å². The third-order valence-electron chi connectivity index (χ3n) is 2.44. The van der Waals surface area contributed by atoms with Crippen molar-refractivity contribution in [1.29, 1.82) is 0 Å². The van der Waals surface area contributed by atoms with E-state index in [0.717, 1.165) is 4.80 Å². The monoisotopic (exact) mass is 309 g/mol. The summed E-state index contributed by atoms with van der Waals surface area (Å²) >= 11 is 5.75. The molecular formula is C12H12ClN5O3. The maximum Gasteiger partial charge on any atom is 0.313 e. The SMILES string of the molecule is COC(=O)Cc1nnn(CC(=O)Nc2ccc(Cl)cc2)n1. The number of methoxy groups -OCH3 is 1. The summed E-state index contributed by atoms with van der Waals surface area (Å²) in [6.45, 7) is -0.114. The first-order valence-electron chi connectivity index (χ1n) is 5.96. The van der Waals surface area contributed by atoms with Crippen molar-refractivity contribution >= 4 is 29.2 Å². The van der Waals surface area contributed by atoms with Gasteiger partial charge in [0, 0.05) is 10.7 Å². The van der Waals surface area contributed by atoms with Gasteiger partial charge in [-0.05, 0) is 29.5 Å². The summed E-state index contributed by atoms with van der Waals surface area (Å²) in [5.74, 6) is -0.597. The zero-order valence-electron chi connectivity index (χ0n) is 11.1. The Morgan fingerprint density at radius 3 is 2.71 bits per heavy atom. The molecule has 0 atom stereocenters. The first-order chi connectivity index (χ1) is 10.1. The van der Waals surface area contributed by atoms with Crippen LogP contribution in [-0.4, -0.2) is 39.2 Å². The lowest BCUT2D eigenvalue weighted by Crippen LogP contribution is -2.20. The molecule has 0 bridgehead atoms. The van der Waals surface area contributed by atoms with Crippen molar-refractivity contribution in [3.8, 4) is 0 Å². The lowest BCUT2D eigenvalue weighted by atomic mass is 10.3. The van der Waals surface area contributed by atoms with Crippen LogP contribution in [0.25, 0.3) is 0 Å². The van der Waals surface area contributed by atoms with Crippen LogP contribution in [0.2, 0.25) is 5.02 Å². The van der Waals surface area contributed by atoms with Crippen molar-refractivity contribution in [1.82, 2.24) is 20.2 Å². The van der Waals surface area contributed by atoms with Crippen LogP contribution in [0.4, 0.5) is 5.69 Å². The average Bonchev–Trinajstić information content (AvgIpc) is 2.88. The lowest BCUT2D eigenvalue weighted by Gasteiger charge is -2.04. The van der Waals surface area contributed by atoms with E-state index in [1.165, 1.54) is 7.11 Å². The van der Waals surface area contributed by atoms with Gasteiger partial charge in [0.05, 0.1) is 7.11 Å². The maximum absolute atomic E-state index is 11.8. The fourth-order valence-corrected chi connectivity index (χ4v) is 1.60. The number of rotatable bonds is 5. The van der Waals surface area contributed by atoms with Crippen LogP contribution in [0.5, 0.6) is 0 Å². The second-order valence-corrected chi connectivity index (χ2v) is 4.48. The molecule has 9 heteroatoms. The van der Waals surface area contributed by atoms with E-state index in [2.05, 4.69) is 25.5 Å². The first kappa shape index (κ1) is 14.9. The van der Waals surface area contributed by atoms with E-state index in [4.69, 9.17) is 11.6 Å². The molecule has 1 N–H and O–H groups in total. The number of benzene rings is 1. The van der Waals surface area contributed by atoms with Crippen molar-refractivity contribution in [2.75, 3.05) is 12.4 Å². The highest BCUT2D eigenvalue weighted by molar-refractivity contribution is 6.30. The molecule has 1 heterocycles. The van der Waals surface area contributed by atoms with E-state index in [-0.39, 0.29) is 24.7 Å². The Morgan fingerprint density at radius 2 is 2.05 bits per heavy atom. The van der Waals surface area contributed by atoms with Crippen molar-refractivity contribution < 1.29 is 14.3 Å². The van der Waals surface area contributed by atoms with Crippen LogP contribution in [0.1, 0.15) is 5.82 Å². The summed E-state index contributed by atoms with van der Waals surface area (Å²) in [6.07, 6.45) is -0.0880. The number of carbonyl (C=O) groups is 2. The van der Waals surface area contributed by atoms with E-state index < -0.39 is 5.97 Å². The zero-order valence-corrected chi connectivity index (χ0v) is 11.9. The van der Waals surface area contributed by atoms with Gasteiger partial charge in [0.1, 0.15) is 13.0 Å². The number of anilines is 1. The highest BCUT2D eigenvalue weighted by Gasteiger charge is 2.11. The third-order valence-corrected chi connectivity index (χ3v) is 2.69. The molecule has 2 aromatic rings. The number of ether oxygens (including phenoxy) is 1. The Morgan fingerprint density at radius 1 is 1.33 bits per heavy atom. The fraction of sp³-hybridized carbons (Fsp3) is 0.250. The molecule has 0 spiro atoms. The minimum atomic E-state index is -0.472. The number of aromatic nitrogens is 4. The van der Waals surface area contributed by atoms with Crippen LogP contribution in [0, 0.1) is 0 Å². The standard InChI is InChI=1S/C12H12ClN5O3/c1-21-12(20)6-10-15-17-18(16-10)7-11(19)14-9-4-2-8(13)3-5-9/h2-5H,6-7H2,1H3,(H,14,19).